The first-order valence-electron chi connectivity index (χ1n) is 5.53. The van der Waals surface area contributed by atoms with Crippen LogP contribution in [0.4, 0.5) is 5.82 Å². The molecular formula is C10H15ClN4O2. The van der Waals surface area contributed by atoms with Crippen molar-refractivity contribution in [2.45, 2.75) is 12.8 Å². The smallest absolute Gasteiger partial charge is 0.270 e. The van der Waals surface area contributed by atoms with Gasteiger partial charge in [-0.1, -0.05) is 11.6 Å². The van der Waals surface area contributed by atoms with Gasteiger partial charge in [0.2, 0.25) is 0 Å². The fourth-order valence-electron chi connectivity index (χ4n) is 1.78. The molecule has 1 saturated heterocycles. The van der Waals surface area contributed by atoms with Crippen LogP contribution in [0.2, 0.25) is 5.02 Å². The van der Waals surface area contributed by atoms with E-state index in [9.17, 15) is 4.79 Å². The number of nitrogens with two attached hydrogens (primary N) is 1. The highest BCUT2D eigenvalue weighted by Crippen LogP contribution is 2.20. The Labute approximate surface area is 104 Å². The molecule has 7 heteroatoms. The molecule has 0 saturated carbocycles. The summed E-state index contributed by atoms with van der Waals surface area (Å²) < 4.78 is 5.26. The Bertz CT molecular complexity index is 401. The average Bonchev–Trinajstić information content (AvgIpc) is 2.91. The number of anilines is 1. The molecule has 1 aliphatic rings. The molecule has 0 aliphatic carbocycles. The van der Waals surface area contributed by atoms with Crippen LogP contribution in [-0.2, 0) is 4.74 Å². The summed E-state index contributed by atoms with van der Waals surface area (Å²) in [6, 6.07) is 0. The number of amides is 1. The number of hydrogen-bond acceptors (Lipinski definition) is 4. The molecule has 1 atom stereocenters. The summed E-state index contributed by atoms with van der Waals surface area (Å²) in [6.45, 7) is 2.21. The van der Waals surface area contributed by atoms with Gasteiger partial charge in [-0.15, -0.1) is 0 Å². The lowest BCUT2D eigenvalue weighted by molar-refractivity contribution is 0.0945. The predicted octanol–water partition coefficient (Wildman–Crippen LogP) is 0.802. The van der Waals surface area contributed by atoms with Crippen LogP contribution in [0.3, 0.4) is 0 Å². The minimum absolute atomic E-state index is 0.140. The summed E-state index contributed by atoms with van der Waals surface area (Å²) in [7, 11) is 0. The normalized spacial score (nSPS) is 19.5. The van der Waals surface area contributed by atoms with Gasteiger partial charge in [-0.2, -0.15) is 5.10 Å². The molecule has 1 unspecified atom stereocenters. The molecule has 0 spiro atoms. The Morgan fingerprint density at radius 2 is 2.53 bits per heavy atom. The van der Waals surface area contributed by atoms with Crippen LogP contribution in [-0.4, -0.2) is 35.9 Å². The largest absolute Gasteiger partial charge is 0.381 e. The molecule has 1 amide bonds. The van der Waals surface area contributed by atoms with Crippen molar-refractivity contribution in [3.8, 4) is 0 Å². The molecule has 1 aromatic heterocycles. The highest BCUT2D eigenvalue weighted by Gasteiger charge is 2.18. The fraction of sp³-hybridized carbons (Fsp3) is 0.600. The number of aromatic amines is 1. The third-order valence-corrected chi connectivity index (χ3v) is 3.20. The predicted molar refractivity (Wildman–Crippen MR) is 63.9 cm³/mol. The first-order chi connectivity index (χ1) is 8.18. The summed E-state index contributed by atoms with van der Waals surface area (Å²) in [6.07, 6.45) is 1.97. The third-order valence-electron chi connectivity index (χ3n) is 2.82. The molecule has 0 radical (unpaired) electrons. The molecule has 1 aliphatic heterocycles. The SMILES string of the molecule is Nc1n[nH]c(C(=O)NCCC2CCOC2)c1Cl. The van der Waals surface area contributed by atoms with Crippen molar-refractivity contribution in [1.29, 1.82) is 0 Å². The zero-order chi connectivity index (χ0) is 12.3. The van der Waals surface area contributed by atoms with E-state index in [-0.39, 0.29) is 22.4 Å². The first-order valence-corrected chi connectivity index (χ1v) is 5.91. The van der Waals surface area contributed by atoms with Crippen LogP contribution in [0.15, 0.2) is 0 Å². The summed E-state index contributed by atoms with van der Waals surface area (Å²) in [5.74, 6) is 0.400. The minimum Gasteiger partial charge on any atom is -0.381 e. The van der Waals surface area contributed by atoms with Gasteiger partial charge in [-0.3, -0.25) is 9.89 Å². The number of aromatic nitrogens is 2. The van der Waals surface area contributed by atoms with E-state index in [0.717, 1.165) is 26.1 Å². The van der Waals surface area contributed by atoms with Gasteiger partial charge in [0.25, 0.3) is 5.91 Å². The van der Waals surface area contributed by atoms with E-state index < -0.39 is 0 Å². The lowest BCUT2D eigenvalue weighted by atomic mass is 10.1. The van der Waals surface area contributed by atoms with Crippen molar-refractivity contribution < 1.29 is 9.53 Å². The highest BCUT2D eigenvalue weighted by molar-refractivity contribution is 6.35. The Morgan fingerprint density at radius 3 is 3.12 bits per heavy atom. The number of rotatable bonds is 4. The van der Waals surface area contributed by atoms with Gasteiger partial charge in [0.1, 0.15) is 10.7 Å². The van der Waals surface area contributed by atoms with Crippen LogP contribution in [0.25, 0.3) is 0 Å². The van der Waals surface area contributed by atoms with Crippen LogP contribution in [0, 0.1) is 5.92 Å². The second-order valence-electron chi connectivity index (χ2n) is 4.07. The summed E-state index contributed by atoms with van der Waals surface area (Å²) >= 11 is 5.81. The average molecular weight is 259 g/mol. The van der Waals surface area contributed by atoms with Gasteiger partial charge in [0, 0.05) is 19.8 Å². The van der Waals surface area contributed by atoms with E-state index in [1.165, 1.54) is 0 Å². The van der Waals surface area contributed by atoms with E-state index in [1.807, 2.05) is 0 Å². The molecule has 1 fully saturated rings. The van der Waals surface area contributed by atoms with E-state index >= 15 is 0 Å². The maximum Gasteiger partial charge on any atom is 0.270 e. The van der Waals surface area contributed by atoms with Gasteiger partial charge >= 0.3 is 0 Å². The van der Waals surface area contributed by atoms with Crippen LogP contribution in [0.1, 0.15) is 23.3 Å². The molecule has 4 N–H and O–H groups in total. The van der Waals surface area contributed by atoms with Gasteiger partial charge in [-0.25, -0.2) is 0 Å². The Balaban J connectivity index is 1.79. The number of nitrogen functional groups attached to an aromatic ring is 1. The van der Waals surface area contributed by atoms with E-state index in [4.69, 9.17) is 22.1 Å². The fourth-order valence-corrected chi connectivity index (χ4v) is 1.95. The minimum atomic E-state index is -0.280. The zero-order valence-corrected chi connectivity index (χ0v) is 10.1. The number of halogens is 1. The Hall–Kier alpha value is -1.27. The topological polar surface area (TPSA) is 93.0 Å². The molecule has 94 valence electrons. The number of hydrogen-bond donors (Lipinski definition) is 3. The van der Waals surface area contributed by atoms with E-state index in [1.54, 1.807) is 0 Å². The van der Waals surface area contributed by atoms with Crippen LogP contribution in [0.5, 0.6) is 0 Å². The van der Waals surface area contributed by atoms with Crippen LogP contribution >= 0.6 is 11.6 Å². The lowest BCUT2D eigenvalue weighted by Gasteiger charge is -2.07. The maximum absolute atomic E-state index is 11.7. The third kappa shape index (κ3) is 2.89. The first kappa shape index (κ1) is 12.2. The second kappa shape index (κ2) is 5.37. The number of ether oxygens (including phenoxy) is 1. The monoisotopic (exact) mass is 258 g/mol. The van der Waals surface area contributed by atoms with Crippen molar-refractivity contribution >= 4 is 23.3 Å². The van der Waals surface area contributed by atoms with Gasteiger partial charge in [0.15, 0.2) is 5.82 Å². The van der Waals surface area contributed by atoms with Crippen molar-refractivity contribution in [2.75, 3.05) is 25.5 Å². The molecule has 17 heavy (non-hydrogen) atoms. The molecule has 2 heterocycles. The number of carbonyl (C=O) groups is 1. The number of carbonyl (C=O) groups excluding carboxylic acids is 1. The van der Waals surface area contributed by atoms with Crippen molar-refractivity contribution in [3.05, 3.63) is 10.7 Å². The van der Waals surface area contributed by atoms with Gasteiger partial charge in [0.05, 0.1) is 0 Å². The number of nitrogens with zero attached hydrogens (tertiary/aromatic N) is 1. The molecule has 0 aromatic carbocycles. The number of H-pyrrole nitrogens is 1. The molecule has 6 nitrogen and oxygen atoms in total. The second-order valence-corrected chi connectivity index (χ2v) is 4.45. The van der Waals surface area contributed by atoms with Crippen LogP contribution < -0.4 is 11.1 Å². The van der Waals surface area contributed by atoms with Crippen molar-refractivity contribution in [2.24, 2.45) is 5.92 Å². The van der Waals surface area contributed by atoms with Crippen molar-refractivity contribution in [1.82, 2.24) is 15.5 Å². The van der Waals surface area contributed by atoms with Gasteiger partial charge in [-0.05, 0) is 18.8 Å². The molecule has 1 aromatic rings. The van der Waals surface area contributed by atoms with Gasteiger partial charge < -0.3 is 15.8 Å². The summed E-state index contributed by atoms with van der Waals surface area (Å²) in [5, 5.41) is 9.12. The molecule has 0 bridgehead atoms. The lowest BCUT2D eigenvalue weighted by Crippen LogP contribution is -2.26. The van der Waals surface area contributed by atoms with E-state index in [0.29, 0.717) is 12.5 Å². The maximum atomic E-state index is 11.7. The Kier molecular flexibility index (Phi) is 3.86. The standard InChI is InChI=1S/C10H15ClN4O2/c11-7-8(14-15-9(7)12)10(16)13-3-1-6-2-4-17-5-6/h6H,1-5H2,(H,13,16)(H3,12,14,15). The van der Waals surface area contributed by atoms with E-state index in [2.05, 4.69) is 15.5 Å². The van der Waals surface area contributed by atoms with Crippen molar-refractivity contribution in [3.63, 3.8) is 0 Å². The number of nitrogens with one attached hydrogen (secondary N) is 2. The molecule has 2 rings (SSSR count). The zero-order valence-electron chi connectivity index (χ0n) is 9.33. The Morgan fingerprint density at radius 1 is 1.71 bits per heavy atom. The molecular weight excluding hydrogens is 244 g/mol. The quantitative estimate of drug-likeness (QED) is 0.745. The summed E-state index contributed by atoms with van der Waals surface area (Å²) in [4.78, 5) is 11.7. The highest BCUT2D eigenvalue weighted by atomic mass is 35.5. The summed E-state index contributed by atoms with van der Waals surface area (Å²) in [5.41, 5.74) is 5.65.